The van der Waals surface area contributed by atoms with Crippen LogP contribution in [0.3, 0.4) is 0 Å². The lowest BCUT2D eigenvalue weighted by Gasteiger charge is -2.18. The van der Waals surface area contributed by atoms with Crippen LogP contribution in [0.1, 0.15) is 18.1 Å². The Morgan fingerprint density at radius 2 is 1.82 bits per heavy atom. The molecule has 1 aliphatic rings. The van der Waals surface area contributed by atoms with Gasteiger partial charge in [0.25, 0.3) is 5.91 Å². The number of hydrogen-bond acceptors (Lipinski definition) is 6. The fraction of sp³-hybridized carbons (Fsp3) is 0.259. The van der Waals surface area contributed by atoms with Crippen molar-refractivity contribution in [2.75, 3.05) is 34.5 Å². The van der Waals surface area contributed by atoms with Gasteiger partial charge in [0.05, 0.1) is 32.5 Å². The number of esters is 1. The molecule has 0 aromatic heterocycles. The van der Waals surface area contributed by atoms with Crippen LogP contribution in [0, 0.1) is 0 Å². The average molecular weight is 464 g/mol. The topological polar surface area (TPSA) is 74.3 Å². The Morgan fingerprint density at radius 1 is 1.06 bits per heavy atom. The molecule has 7 nitrogen and oxygen atoms in total. The van der Waals surface area contributed by atoms with Crippen molar-refractivity contribution in [3.63, 3.8) is 0 Å². The molecule has 0 saturated heterocycles. The number of ether oxygens (including phenoxy) is 4. The van der Waals surface area contributed by atoms with Crippen molar-refractivity contribution in [3.8, 4) is 17.2 Å². The molecular formula is C27H29NO6. The summed E-state index contributed by atoms with van der Waals surface area (Å²) in [4.78, 5) is 27.6. The van der Waals surface area contributed by atoms with Crippen molar-refractivity contribution in [1.29, 1.82) is 0 Å². The normalized spacial score (nSPS) is 14.4. The Balaban J connectivity index is 1.89. The first-order chi connectivity index (χ1) is 16.4. The van der Waals surface area contributed by atoms with Crippen LogP contribution in [0.4, 0.5) is 0 Å². The van der Waals surface area contributed by atoms with Crippen LogP contribution in [0.5, 0.6) is 17.2 Å². The maximum Gasteiger partial charge on any atom is 0.340 e. The highest BCUT2D eigenvalue weighted by atomic mass is 16.5. The Bertz CT molecular complexity index is 1150. The molecule has 1 heterocycles. The van der Waals surface area contributed by atoms with Gasteiger partial charge >= 0.3 is 5.97 Å². The van der Waals surface area contributed by atoms with Gasteiger partial charge < -0.3 is 23.8 Å². The summed E-state index contributed by atoms with van der Waals surface area (Å²) in [5.41, 5.74) is 2.82. The molecule has 0 atom stereocenters. The number of nitrogens with zero attached hydrogens (tertiary/aromatic N) is 1. The Kier molecular flexibility index (Phi) is 8.14. The van der Waals surface area contributed by atoms with Crippen LogP contribution in [-0.4, -0.2) is 51.3 Å². The van der Waals surface area contributed by atoms with E-state index < -0.39 is 5.97 Å². The van der Waals surface area contributed by atoms with Crippen molar-refractivity contribution in [2.24, 2.45) is 0 Å². The molecule has 34 heavy (non-hydrogen) atoms. The van der Waals surface area contributed by atoms with Crippen LogP contribution in [-0.2, 0) is 20.7 Å². The smallest absolute Gasteiger partial charge is 0.340 e. The summed E-state index contributed by atoms with van der Waals surface area (Å²) >= 11 is 0. The third-order valence-electron chi connectivity index (χ3n) is 5.51. The largest absolute Gasteiger partial charge is 0.493 e. The molecular weight excluding hydrogens is 434 g/mol. The molecule has 7 heteroatoms. The van der Waals surface area contributed by atoms with Crippen molar-refractivity contribution < 1.29 is 28.5 Å². The minimum atomic E-state index is -0.551. The number of rotatable bonds is 10. The van der Waals surface area contributed by atoms with E-state index in [1.807, 2.05) is 36.4 Å². The molecule has 0 unspecified atom stereocenters. The van der Waals surface area contributed by atoms with Crippen LogP contribution in [0.25, 0.3) is 6.08 Å². The zero-order valence-electron chi connectivity index (χ0n) is 19.9. The third-order valence-corrected chi connectivity index (χ3v) is 5.51. The number of carbonyl (C=O) groups is 2. The summed E-state index contributed by atoms with van der Waals surface area (Å²) in [6.45, 7) is 6.16. The number of allylic oxidation sites excluding steroid dienone is 1. The van der Waals surface area contributed by atoms with Gasteiger partial charge in [0.2, 0.25) is 0 Å². The lowest BCUT2D eigenvalue weighted by molar-refractivity contribution is -0.136. The van der Waals surface area contributed by atoms with Crippen LogP contribution >= 0.6 is 0 Å². The fourth-order valence-electron chi connectivity index (χ4n) is 3.79. The second-order valence-corrected chi connectivity index (χ2v) is 7.58. The predicted octanol–water partition coefficient (Wildman–Crippen LogP) is 4.18. The minimum Gasteiger partial charge on any atom is -0.493 e. The van der Waals surface area contributed by atoms with Gasteiger partial charge in [0.15, 0.2) is 11.5 Å². The van der Waals surface area contributed by atoms with E-state index in [0.717, 1.165) is 11.1 Å². The van der Waals surface area contributed by atoms with Gasteiger partial charge in [-0.2, -0.15) is 0 Å². The van der Waals surface area contributed by atoms with E-state index >= 15 is 0 Å². The summed E-state index contributed by atoms with van der Waals surface area (Å²) < 4.78 is 21.2. The van der Waals surface area contributed by atoms with Gasteiger partial charge in [-0.25, -0.2) is 4.79 Å². The summed E-state index contributed by atoms with van der Waals surface area (Å²) in [6, 6.07) is 12.9. The monoisotopic (exact) mass is 463 g/mol. The van der Waals surface area contributed by atoms with E-state index in [4.69, 9.17) is 18.9 Å². The van der Waals surface area contributed by atoms with Crippen LogP contribution in [0.2, 0.25) is 0 Å². The van der Waals surface area contributed by atoms with Crippen LogP contribution in [0.15, 0.2) is 72.0 Å². The molecule has 0 bridgehead atoms. The molecule has 2 aromatic carbocycles. The van der Waals surface area contributed by atoms with Crippen molar-refractivity contribution >= 4 is 18.0 Å². The first kappa shape index (κ1) is 24.6. The van der Waals surface area contributed by atoms with Gasteiger partial charge in [-0.05, 0) is 54.8 Å². The highest BCUT2D eigenvalue weighted by molar-refractivity contribution is 6.16. The number of methoxy groups -OCH3 is 3. The Labute approximate surface area is 199 Å². The van der Waals surface area contributed by atoms with Crippen LogP contribution < -0.4 is 14.2 Å². The quantitative estimate of drug-likeness (QED) is 0.299. The predicted molar refractivity (Wildman–Crippen MR) is 130 cm³/mol. The summed E-state index contributed by atoms with van der Waals surface area (Å²) in [5, 5.41) is 0. The molecule has 2 aromatic rings. The number of amides is 1. The standard InChI is InChI=1S/C27H29NO6/c1-6-14-34-21-9-7-8-20(15-21)16-22-25(27(30)33-5)18(2)28(26(22)29)13-12-19-10-11-23(31-3)24(17-19)32-4/h6-11,15-17H,1,12-14H2,2-5H3. The van der Waals surface area contributed by atoms with Gasteiger partial charge in [-0.15, -0.1) is 0 Å². The van der Waals surface area contributed by atoms with Gasteiger partial charge in [0, 0.05) is 12.2 Å². The summed E-state index contributed by atoms with van der Waals surface area (Å²) in [6.07, 6.45) is 3.91. The Hall–Kier alpha value is -4.00. The molecule has 178 valence electrons. The maximum atomic E-state index is 13.4. The van der Waals surface area contributed by atoms with E-state index in [9.17, 15) is 9.59 Å². The van der Waals surface area contributed by atoms with E-state index in [2.05, 4.69) is 6.58 Å². The number of carbonyl (C=O) groups excluding carboxylic acids is 2. The molecule has 3 rings (SSSR count). The molecule has 0 saturated carbocycles. The highest BCUT2D eigenvalue weighted by Crippen LogP contribution is 2.33. The first-order valence-corrected chi connectivity index (χ1v) is 10.8. The zero-order chi connectivity index (χ0) is 24.7. The van der Waals surface area contributed by atoms with Crippen molar-refractivity contribution in [2.45, 2.75) is 13.3 Å². The number of benzene rings is 2. The van der Waals surface area contributed by atoms with Gasteiger partial charge in [-0.1, -0.05) is 30.9 Å². The lowest BCUT2D eigenvalue weighted by atomic mass is 10.0. The third kappa shape index (κ3) is 5.31. The second kappa shape index (κ2) is 11.2. The molecule has 0 radical (unpaired) electrons. The SMILES string of the molecule is C=CCOc1cccc(C=C2C(=O)N(CCc3ccc(OC)c(OC)c3)C(C)=C2C(=O)OC)c1. The Morgan fingerprint density at radius 3 is 2.50 bits per heavy atom. The molecule has 1 amide bonds. The highest BCUT2D eigenvalue weighted by Gasteiger charge is 2.36. The zero-order valence-corrected chi connectivity index (χ0v) is 19.9. The molecule has 0 N–H and O–H groups in total. The molecule has 0 aliphatic carbocycles. The summed E-state index contributed by atoms with van der Waals surface area (Å²) in [7, 11) is 4.47. The fourth-order valence-corrected chi connectivity index (χ4v) is 3.79. The van der Waals surface area contributed by atoms with Crippen molar-refractivity contribution in [3.05, 3.63) is 83.1 Å². The number of hydrogen-bond donors (Lipinski definition) is 0. The van der Waals surface area contributed by atoms with Crippen molar-refractivity contribution in [1.82, 2.24) is 4.90 Å². The molecule has 1 aliphatic heterocycles. The van der Waals surface area contributed by atoms with E-state index in [1.165, 1.54) is 7.11 Å². The average Bonchev–Trinajstić information content (AvgIpc) is 3.09. The maximum absolute atomic E-state index is 13.4. The first-order valence-electron chi connectivity index (χ1n) is 10.8. The molecule has 0 spiro atoms. The van der Waals surface area contributed by atoms with E-state index in [1.54, 1.807) is 44.3 Å². The van der Waals surface area contributed by atoms with E-state index in [0.29, 0.717) is 42.5 Å². The molecule has 0 fully saturated rings. The van der Waals surface area contributed by atoms with E-state index in [-0.39, 0.29) is 17.1 Å². The summed E-state index contributed by atoms with van der Waals surface area (Å²) in [5.74, 6) is 1.09. The lowest BCUT2D eigenvalue weighted by Crippen LogP contribution is -2.27. The second-order valence-electron chi connectivity index (χ2n) is 7.58. The van der Waals surface area contributed by atoms with Gasteiger partial charge in [-0.3, -0.25) is 4.79 Å². The minimum absolute atomic E-state index is 0.254. The van der Waals surface area contributed by atoms with Gasteiger partial charge in [0.1, 0.15) is 12.4 Å².